The molecule has 0 saturated heterocycles. The van der Waals surface area contributed by atoms with Crippen molar-refractivity contribution in [3.8, 4) is 39.9 Å². The molecular weight excluding hydrogens is 685 g/mol. The number of benzene rings is 9. The molecule has 0 unspecified atom stereocenters. The van der Waals surface area contributed by atoms with E-state index < -0.39 is 0 Å². The number of furan rings is 1. The van der Waals surface area contributed by atoms with Gasteiger partial charge < -0.3 is 8.98 Å². The van der Waals surface area contributed by atoms with Gasteiger partial charge in [0.05, 0.1) is 16.7 Å². The zero-order valence-corrected chi connectivity index (χ0v) is 30.0. The molecule has 9 aromatic carbocycles. The molecule has 0 N–H and O–H groups in total. The Kier molecular flexibility index (Phi) is 6.56. The summed E-state index contributed by atoms with van der Waals surface area (Å²) in [6.07, 6.45) is 0. The fourth-order valence-electron chi connectivity index (χ4n) is 8.49. The van der Waals surface area contributed by atoms with E-state index in [1.54, 1.807) is 0 Å². The van der Waals surface area contributed by atoms with Crippen LogP contribution in [0.5, 0.6) is 0 Å². The van der Waals surface area contributed by atoms with Crippen LogP contribution >= 0.6 is 0 Å². The van der Waals surface area contributed by atoms with Crippen molar-refractivity contribution in [3.05, 3.63) is 182 Å². The maximum atomic E-state index is 7.05. The maximum absolute atomic E-state index is 7.05. The summed E-state index contributed by atoms with van der Waals surface area (Å²) < 4.78 is 9.45. The van der Waals surface area contributed by atoms with E-state index in [2.05, 4.69) is 156 Å². The molecule has 56 heavy (non-hydrogen) atoms. The molecule has 260 valence electrons. The van der Waals surface area contributed by atoms with Crippen molar-refractivity contribution >= 4 is 76.1 Å². The highest BCUT2D eigenvalue weighted by Gasteiger charge is 2.22. The molecule has 0 fully saturated rings. The summed E-state index contributed by atoms with van der Waals surface area (Å²) in [7, 11) is 0. The maximum Gasteiger partial charge on any atom is 0.164 e. The lowest BCUT2D eigenvalue weighted by Gasteiger charge is -2.13. The summed E-state index contributed by atoms with van der Waals surface area (Å²) in [6.45, 7) is 0. The summed E-state index contributed by atoms with van der Waals surface area (Å²) in [5.41, 5.74) is 7.64. The number of rotatable bonds is 4. The topological polar surface area (TPSA) is 56.7 Å². The van der Waals surface area contributed by atoms with Crippen molar-refractivity contribution in [2.75, 3.05) is 0 Å². The van der Waals surface area contributed by atoms with E-state index in [1.807, 2.05) is 30.3 Å². The first-order valence-corrected chi connectivity index (χ1v) is 18.8. The van der Waals surface area contributed by atoms with Gasteiger partial charge in [-0.15, -0.1) is 0 Å². The molecule has 0 aliphatic carbocycles. The molecule has 0 amide bonds. The van der Waals surface area contributed by atoms with Crippen LogP contribution in [0.4, 0.5) is 0 Å². The minimum absolute atomic E-state index is 0.587. The molecule has 3 aromatic heterocycles. The summed E-state index contributed by atoms with van der Waals surface area (Å²) >= 11 is 0. The molecule has 0 bridgehead atoms. The molecule has 0 atom stereocenters. The van der Waals surface area contributed by atoms with Crippen LogP contribution in [0.25, 0.3) is 116 Å². The van der Waals surface area contributed by atoms with Gasteiger partial charge in [-0.25, -0.2) is 15.0 Å². The van der Waals surface area contributed by atoms with Crippen molar-refractivity contribution in [3.63, 3.8) is 0 Å². The first-order valence-electron chi connectivity index (χ1n) is 18.8. The van der Waals surface area contributed by atoms with Crippen LogP contribution in [-0.4, -0.2) is 19.5 Å². The Morgan fingerprint density at radius 3 is 1.70 bits per heavy atom. The van der Waals surface area contributed by atoms with Crippen LogP contribution in [0.3, 0.4) is 0 Å². The van der Waals surface area contributed by atoms with Gasteiger partial charge in [-0.05, 0) is 69.4 Å². The fraction of sp³-hybridized carbons (Fsp3) is 0. The van der Waals surface area contributed by atoms with Crippen molar-refractivity contribution in [2.24, 2.45) is 0 Å². The van der Waals surface area contributed by atoms with Gasteiger partial charge in [-0.1, -0.05) is 140 Å². The fourth-order valence-corrected chi connectivity index (χ4v) is 8.49. The number of hydrogen-bond acceptors (Lipinski definition) is 4. The van der Waals surface area contributed by atoms with Crippen molar-refractivity contribution < 1.29 is 4.42 Å². The number of nitrogens with zero attached hydrogens (tertiary/aromatic N) is 4. The zero-order chi connectivity index (χ0) is 36.7. The quantitative estimate of drug-likeness (QED) is 0.182. The van der Waals surface area contributed by atoms with E-state index in [-0.39, 0.29) is 0 Å². The Bertz CT molecular complexity index is 3540. The lowest BCUT2D eigenvalue weighted by atomic mass is 10.0. The van der Waals surface area contributed by atoms with E-state index in [1.165, 1.54) is 26.9 Å². The first-order chi connectivity index (χ1) is 27.7. The second kappa shape index (κ2) is 11.9. The molecule has 5 nitrogen and oxygen atoms in total. The van der Waals surface area contributed by atoms with Crippen molar-refractivity contribution in [2.45, 2.75) is 0 Å². The summed E-state index contributed by atoms with van der Waals surface area (Å²) in [6, 6.07) is 63.9. The Labute approximate surface area is 320 Å². The Balaban J connectivity index is 1.11. The third-order valence-corrected chi connectivity index (χ3v) is 11.2. The Morgan fingerprint density at radius 1 is 0.339 bits per heavy atom. The van der Waals surface area contributed by atoms with Gasteiger partial charge in [0, 0.05) is 43.6 Å². The lowest BCUT2D eigenvalue weighted by Crippen LogP contribution is -2.00. The van der Waals surface area contributed by atoms with Gasteiger partial charge >= 0.3 is 0 Å². The molecule has 5 heteroatoms. The third-order valence-electron chi connectivity index (χ3n) is 11.2. The molecule has 0 aliphatic heterocycles. The van der Waals surface area contributed by atoms with E-state index in [4.69, 9.17) is 19.4 Å². The molecule has 3 heterocycles. The Hall–Kier alpha value is -7.63. The van der Waals surface area contributed by atoms with Gasteiger partial charge in [0.25, 0.3) is 0 Å². The van der Waals surface area contributed by atoms with Gasteiger partial charge in [0.15, 0.2) is 23.1 Å². The van der Waals surface area contributed by atoms with Crippen LogP contribution in [0, 0.1) is 0 Å². The zero-order valence-electron chi connectivity index (χ0n) is 30.0. The normalized spacial score (nSPS) is 11.9. The minimum atomic E-state index is 0.587. The van der Waals surface area contributed by atoms with Crippen LogP contribution in [-0.2, 0) is 0 Å². The molecule has 12 aromatic rings. The predicted molar refractivity (Wildman–Crippen MR) is 230 cm³/mol. The van der Waals surface area contributed by atoms with E-state index in [9.17, 15) is 0 Å². The lowest BCUT2D eigenvalue weighted by molar-refractivity contribution is 0.667. The number of para-hydroxylation sites is 1. The molecule has 12 rings (SSSR count). The second-order valence-corrected chi connectivity index (χ2v) is 14.4. The highest BCUT2D eigenvalue weighted by atomic mass is 16.3. The van der Waals surface area contributed by atoms with E-state index >= 15 is 0 Å². The average molecular weight is 715 g/mol. The highest BCUT2D eigenvalue weighted by molar-refractivity contribution is 6.19. The summed E-state index contributed by atoms with van der Waals surface area (Å²) in [5.74, 6) is 1.83. The second-order valence-electron chi connectivity index (χ2n) is 14.4. The molecule has 0 spiro atoms. The molecular formula is C51H30N4O. The monoisotopic (exact) mass is 714 g/mol. The van der Waals surface area contributed by atoms with Crippen LogP contribution in [0.2, 0.25) is 0 Å². The first kappa shape index (κ1) is 30.8. The van der Waals surface area contributed by atoms with Gasteiger partial charge in [-0.3, -0.25) is 0 Å². The van der Waals surface area contributed by atoms with Crippen molar-refractivity contribution in [1.82, 2.24) is 19.5 Å². The predicted octanol–water partition coefficient (Wildman–Crippen LogP) is 13.3. The van der Waals surface area contributed by atoms with Crippen LogP contribution in [0.15, 0.2) is 186 Å². The largest absolute Gasteiger partial charge is 0.454 e. The molecule has 0 saturated carbocycles. The summed E-state index contributed by atoms with van der Waals surface area (Å²) in [4.78, 5) is 15.1. The summed E-state index contributed by atoms with van der Waals surface area (Å²) in [5, 5.41) is 11.5. The Morgan fingerprint density at radius 2 is 0.911 bits per heavy atom. The van der Waals surface area contributed by atoms with E-state index in [0.717, 1.165) is 71.5 Å². The minimum Gasteiger partial charge on any atom is -0.454 e. The number of fused-ring (bicyclic) bond motifs is 9. The van der Waals surface area contributed by atoms with E-state index in [0.29, 0.717) is 17.5 Å². The SMILES string of the molecule is c1ccc(-c2nc(-c3ccc4ccccc4c3)nc(-c3ccc4c(c3)oc3c(-n5c6ccccc6c6cc7ccccc7cc65)c5ccccc5cc34)n2)cc1. The standard InChI is InChI=1S/C51H30N4O/c1-2-13-32(14-3-1)49-52-50(37-23-22-31-12-4-5-15-33(31)26-37)54-51(53-49)38-24-25-41-43-28-36-18-8-9-19-39(36)47(48(43)56-46(41)30-38)55-44-21-11-10-20-40(44)42-27-34-16-6-7-17-35(34)29-45(42)55/h1-30H. The highest BCUT2D eigenvalue weighted by Crippen LogP contribution is 2.43. The number of hydrogen-bond donors (Lipinski definition) is 0. The van der Waals surface area contributed by atoms with Gasteiger partial charge in [-0.2, -0.15) is 0 Å². The molecule has 0 radical (unpaired) electrons. The van der Waals surface area contributed by atoms with Crippen LogP contribution < -0.4 is 0 Å². The van der Waals surface area contributed by atoms with Crippen LogP contribution in [0.1, 0.15) is 0 Å². The average Bonchev–Trinajstić information content (AvgIpc) is 3.79. The third kappa shape index (κ3) is 4.71. The number of aromatic nitrogens is 4. The molecule has 0 aliphatic rings. The van der Waals surface area contributed by atoms with Gasteiger partial charge in [0.2, 0.25) is 0 Å². The van der Waals surface area contributed by atoms with Gasteiger partial charge in [0.1, 0.15) is 5.58 Å². The smallest absolute Gasteiger partial charge is 0.164 e. The van der Waals surface area contributed by atoms with Crippen molar-refractivity contribution in [1.29, 1.82) is 0 Å².